The van der Waals surface area contributed by atoms with Crippen molar-refractivity contribution in [1.82, 2.24) is 15.1 Å². The smallest absolute Gasteiger partial charge is 0.272 e. The zero-order valence-corrected chi connectivity index (χ0v) is 11.3. The predicted molar refractivity (Wildman–Crippen MR) is 74.2 cm³/mol. The van der Waals surface area contributed by atoms with E-state index >= 15 is 0 Å². The van der Waals surface area contributed by atoms with Gasteiger partial charge in [-0.15, -0.1) is 0 Å². The molecule has 1 heterocycles. The van der Waals surface area contributed by atoms with Crippen LogP contribution in [0.3, 0.4) is 0 Å². The minimum Gasteiger partial charge on any atom is -0.394 e. The third-order valence-electron chi connectivity index (χ3n) is 2.80. The van der Waals surface area contributed by atoms with E-state index in [9.17, 15) is 14.9 Å². The fraction of sp³-hybridized carbons (Fsp3) is 0.231. The summed E-state index contributed by atoms with van der Waals surface area (Å²) in [5.41, 5.74) is 0.796. The molecule has 1 aromatic heterocycles. The van der Waals surface area contributed by atoms with Crippen LogP contribution in [0.15, 0.2) is 36.5 Å². The van der Waals surface area contributed by atoms with Crippen molar-refractivity contribution in [3.63, 3.8) is 0 Å². The Hall–Kier alpha value is -2.74. The Morgan fingerprint density at radius 2 is 2.10 bits per heavy atom. The van der Waals surface area contributed by atoms with E-state index in [1.165, 1.54) is 22.9 Å². The van der Waals surface area contributed by atoms with Gasteiger partial charge in [0, 0.05) is 24.4 Å². The third kappa shape index (κ3) is 3.42. The van der Waals surface area contributed by atoms with Gasteiger partial charge in [0.1, 0.15) is 0 Å². The van der Waals surface area contributed by atoms with Crippen LogP contribution < -0.4 is 5.32 Å². The van der Waals surface area contributed by atoms with Crippen molar-refractivity contribution in [2.24, 2.45) is 0 Å². The maximum Gasteiger partial charge on any atom is 0.272 e. The number of aliphatic hydroxyl groups excluding tert-OH is 1. The zero-order chi connectivity index (χ0) is 15.4. The number of nitro benzene ring substituents is 1. The molecule has 0 aliphatic carbocycles. The van der Waals surface area contributed by atoms with Crippen LogP contribution in [0, 0.1) is 10.1 Å². The number of nitrogens with one attached hydrogen (secondary N) is 1. The van der Waals surface area contributed by atoms with Gasteiger partial charge in [0.25, 0.3) is 11.6 Å². The lowest BCUT2D eigenvalue weighted by molar-refractivity contribution is -0.384. The average molecular weight is 290 g/mol. The van der Waals surface area contributed by atoms with Crippen molar-refractivity contribution in [2.75, 3.05) is 6.61 Å². The van der Waals surface area contributed by atoms with Gasteiger partial charge in [-0.3, -0.25) is 14.9 Å². The average Bonchev–Trinajstić information content (AvgIpc) is 2.97. The van der Waals surface area contributed by atoms with Crippen molar-refractivity contribution in [1.29, 1.82) is 0 Å². The number of aliphatic hydroxyl groups is 1. The van der Waals surface area contributed by atoms with Crippen LogP contribution in [0.25, 0.3) is 5.69 Å². The molecule has 0 spiro atoms. The molecule has 0 aliphatic rings. The monoisotopic (exact) mass is 290 g/mol. The standard InChI is InChI=1S/C13H14N4O4/c1-9(8-18)14-13(19)12-6-7-16(15-12)10-2-4-11(5-3-10)17(20)21/h2-7,9,18H,8H2,1H3,(H,14,19)/t9-/m0/s1. The fourth-order valence-corrected chi connectivity index (χ4v) is 1.66. The summed E-state index contributed by atoms with van der Waals surface area (Å²) in [4.78, 5) is 21.9. The zero-order valence-electron chi connectivity index (χ0n) is 11.3. The van der Waals surface area contributed by atoms with Crippen molar-refractivity contribution in [3.05, 3.63) is 52.3 Å². The SMILES string of the molecule is C[C@@H](CO)NC(=O)c1ccn(-c2ccc([N+](=O)[O-])cc2)n1. The molecular weight excluding hydrogens is 276 g/mol. The van der Waals surface area contributed by atoms with Crippen LogP contribution in [0.2, 0.25) is 0 Å². The summed E-state index contributed by atoms with van der Waals surface area (Å²) in [5, 5.41) is 26.1. The number of benzene rings is 1. The summed E-state index contributed by atoms with van der Waals surface area (Å²) in [6, 6.07) is 6.99. The number of nitro groups is 1. The van der Waals surface area contributed by atoms with E-state index in [2.05, 4.69) is 10.4 Å². The number of aromatic nitrogens is 2. The van der Waals surface area contributed by atoms with E-state index in [1.54, 1.807) is 25.3 Å². The van der Waals surface area contributed by atoms with Gasteiger partial charge in [0.2, 0.25) is 0 Å². The van der Waals surface area contributed by atoms with E-state index in [4.69, 9.17) is 5.11 Å². The van der Waals surface area contributed by atoms with Crippen molar-refractivity contribution in [2.45, 2.75) is 13.0 Å². The molecule has 1 atom stereocenters. The van der Waals surface area contributed by atoms with Gasteiger partial charge in [0.05, 0.1) is 17.2 Å². The van der Waals surface area contributed by atoms with Crippen LogP contribution in [-0.2, 0) is 0 Å². The van der Waals surface area contributed by atoms with Crippen molar-refractivity contribution < 1.29 is 14.8 Å². The number of hydrogen-bond donors (Lipinski definition) is 2. The maximum atomic E-state index is 11.8. The van der Waals surface area contributed by atoms with Crippen LogP contribution in [0.4, 0.5) is 5.69 Å². The highest BCUT2D eigenvalue weighted by Gasteiger charge is 2.13. The summed E-state index contributed by atoms with van der Waals surface area (Å²) >= 11 is 0. The lowest BCUT2D eigenvalue weighted by Gasteiger charge is -2.08. The first-order valence-electron chi connectivity index (χ1n) is 6.23. The van der Waals surface area contributed by atoms with Crippen LogP contribution in [-0.4, -0.2) is 38.4 Å². The molecule has 2 rings (SSSR count). The van der Waals surface area contributed by atoms with Gasteiger partial charge >= 0.3 is 0 Å². The summed E-state index contributed by atoms with van der Waals surface area (Å²) in [6.45, 7) is 1.51. The number of hydrogen-bond acceptors (Lipinski definition) is 5. The van der Waals surface area contributed by atoms with E-state index in [0.717, 1.165) is 0 Å². The molecule has 2 N–H and O–H groups in total. The molecule has 8 nitrogen and oxygen atoms in total. The van der Waals surface area contributed by atoms with Crippen molar-refractivity contribution >= 4 is 11.6 Å². The van der Waals surface area contributed by atoms with Crippen LogP contribution in [0.5, 0.6) is 0 Å². The Balaban J connectivity index is 2.15. The molecule has 21 heavy (non-hydrogen) atoms. The van der Waals surface area contributed by atoms with Gasteiger partial charge in [-0.1, -0.05) is 0 Å². The van der Waals surface area contributed by atoms with Crippen LogP contribution >= 0.6 is 0 Å². The lowest BCUT2D eigenvalue weighted by Crippen LogP contribution is -2.35. The van der Waals surface area contributed by atoms with Crippen molar-refractivity contribution in [3.8, 4) is 5.69 Å². The minimum absolute atomic E-state index is 0.0133. The molecule has 2 aromatic rings. The molecule has 0 fully saturated rings. The summed E-state index contributed by atoms with van der Waals surface area (Å²) in [6.07, 6.45) is 1.58. The largest absolute Gasteiger partial charge is 0.394 e. The molecule has 0 saturated heterocycles. The molecule has 0 unspecified atom stereocenters. The van der Waals surface area contributed by atoms with Gasteiger partial charge in [-0.05, 0) is 25.1 Å². The molecular formula is C13H14N4O4. The molecule has 0 bridgehead atoms. The highest BCUT2D eigenvalue weighted by Crippen LogP contribution is 2.14. The molecule has 0 radical (unpaired) electrons. The highest BCUT2D eigenvalue weighted by molar-refractivity contribution is 5.92. The third-order valence-corrected chi connectivity index (χ3v) is 2.80. The Kier molecular flexibility index (Phi) is 4.29. The number of carbonyl (C=O) groups is 1. The molecule has 1 aromatic carbocycles. The second kappa shape index (κ2) is 6.14. The van der Waals surface area contributed by atoms with E-state index < -0.39 is 10.8 Å². The van der Waals surface area contributed by atoms with Gasteiger partial charge < -0.3 is 10.4 Å². The first kappa shape index (κ1) is 14.7. The van der Waals surface area contributed by atoms with E-state index in [-0.39, 0.29) is 24.0 Å². The normalized spacial score (nSPS) is 11.9. The summed E-state index contributed by atoms with van der Waals surface area (Å²) in [7, 11) is 0. The van der Waals surface area contributed by atoms with Crippen LogP contribution in [0.1, 0.15) is 17.4 Å². The Labute approximate surface area is 120 Å². The molecule has 0 aliphatic heterocycles. The predicted octanol–water partition coefficient (Wildman–Crippen LogP) is 0.891. The van der Waals surface area contributed by atoms with Gasteiger partial charge in [-0.2, -0.15) is 5.10 Å². The van der Waals surface area contributed by atoms with E-state index in [0.29, 0.717) is 5.69 Å². The Bertz CT molecular complexity index is 650. The minimum atomic E-state index is -0.484. The topological polar surface area (TPSA) is 110 Å². The molecule has 8 heteroatoms. The number of non-ortho nitro benzene ring substituents is 1. The maximum absolute atomic E-state index is 11.8. The lowest BCUT2D eigenvalue weighted by atomic mass is 10.3. The fourth-order valence-electron chi connectivity index (χ4n) is 1.66. The number of amides is 1. The molecule has 0 saturated carbocycles. The molecule has 110 valence electrons. The van der Waals surface area contributed by atoms with Gasteiger partial charge in [-0.25, -0.2) is 4.68 Å². The van der Waals surface area contributed by atoms with E-state index in [1.807, 2.05) is 0 Å². The Morgan fingerprint density at radius 3 is 2.67 bits per heavy atom. The van der Waals surface area contributed by atoms with Gasteiger partial charge in [0.15, 0.2) is 5.69 Å². The number of carbonyl (C=O) groups excluding carboxylic acids is 1. The first-order valence-corrected chi connectivity index (χ1v) is 6.23. The quantitative estimate of drug-likeness (QED) is 0.627. The molecule has 1 amide bonds. The summed E-state index contributed by atoms with van der Waals surface area (Å²) < 4.78 is 1.45. The second-order valence-electron chi connectivity index (χ2n) is 4.48. The number of rotatable bonds is 5. The Morgan fingerprint density at radius 1 is 1.43 bits per heavy atom. The number of nitrogens with zero attached hydrogens (tertiary/aromatic N) is 3. The first-order chi connectivity index (χ1) is 10.0. The highest BCUT2D eigenvalue weighted by atomic mass is 16.6. The summed E-state index contributed by atoms with van der Waals surface area (Å²) in [5.74, 6) is -0.391. The second-order valence-corrected chi connectivity index (χ2v) is 4.48.